The van der Waals surface area contributed by atoms with Gasteiger partial charge >= 0.3 is 0 Å². The van der Waals surface area contributed by atoms with E-state index < -0.39 is 5.60 Å². The summed E-state index contributed by atoms with van der Waals surface area (Å²) in [4.78, 5) is 15.7. The van der Waals surface area contributed by atoms with Gasteiger partial charge in [0.05, 0.1) is 17.5 Å². The standard InChI is InChI=1S/C14H18N4O2S/c1-14(20)4-2-7-18(8-5-14)13(19)11-10(15)9-3-6-16-17-12(9)21-11/h3,6,20H,2,4-5,7-8,15H2,1H3. The molecule has 1 aliphatic heterocycles. The molecule has 3 heterocycles. The summed E-state index contributed by atoms with van der Waals surface area (Å²) >= 11 is 1.28. The first-order valence-electron chi connectivity index (χ1n) is 6.99. The maximum atomic E-state index is 12.7. The van der Waals surface area contributed by atoms with Crippen molar-refractivity contribution in [3.8, 4) is 0 Å². The molecule has 0 spiro atoms. The highest BCUT2D eigenvalue weighted by Gasteiger charge is 2.29. The quantitative estimate of drug-likeness (QED) is 0.835. The van der Waals surface area contributed by atoms with Gasteiger partial charge in [0.1, 0.15) is 9.71 Å². The molecule has 0 radical (unpaired) electrons. The molecule has 1 unspecified atom stereocenters. The first kappa shape index (κ1) is 14.2. The third-order valence-corrected chi connectivity index (χ3v) is 5.06. The molecule has 0 aromatic carbocycles. The molecule has 0 aliphatic carbocycles. The number of carbonyl (C=O) groups excluding carboxylic acids is 1. The maximum Gasteiger partial charge on any atom is 0.266 e. The number of aromatic nitrogens is 2. The van der Waals surface area contributed by atoms with Crippen LogP contribution in [-0.4, -0.2) is 44.8 Å². The molecule has 6 nitrogen and oxygen atoms in total. The highest BCUT2D eigenvalue weighted by molar-refractivity contribution is 7.21. The molecule has 7 heteroatoms. The second-order valence-corrected chi connectivity index (χ2v) is 6.74. The SMILES string of the molecule is CC1(O)CCCN(C(=O)c2sc3nnccc3c2N)CC1. The highest BCUT2D eigenvalue weighted by Crippen LogP contribution is 2.33. The van der Waals surface area contributed by atoms with Crippen molar-refractivity contribution in [2.45, 2.75) is 31.8 Å². The smallest absolute Gasteiger partial charge is 0.266 e. The largest absolute Gasteiger partial charge is 0.397 e. The van der Waals surface area contributed by atoms with Crippen molar-refractivity contribution in [2.24, 2.45) is 0 Å². The minimum Gasteiger partial charge on any atom is -0.397 e. The normalized spacial score (nSPS) is 23.2. The average molecular weight is 306 g/mol. The second kappa shape index (κ2) is 5.23. The molecule has 21 heavy (non-hydrogen) atoms. The molecule has 2 aromatic rings. The topological polar surface area (TPSA) is 92.3 Å². The summed E-state index contributed by atoms with van der Waals surface area (Å²) in [6, 6.07) is 1.78. The van der Waals surface area contributed by atoms with Crippen LogP contribution in [0.3, 0.4) is 0 Å². The summed E-state index contributed by atoms with van der Waals surface area (Å²) in [6.07, 6.45) is 3.67. The summed E-state index contributed by atoms with van der Waals surface area (Å²) in [5.41, 5.74) is 5.87. The highest BCUT2D eigenvalue weighted by atomic mass is 32.1. The number of thiophene rings is 1. The lowest BCUT2D eigenvalue weighted by Gasteiger charge is -2.22. The molecule has 1 amide bonds. The van der Waals surface area contributed by atoms with Crippen LogP contribution in [0.4, 0.5) is 5.69 Å². The van der Waals surface area contributed by atoms with E-state index in [0.29, 0.717) is 41.3 Å². The molecule has 3 rings (SSSR count). The number of aliphatic hydroxyl groups is 1. The summed E-state index contributed by atoms with van der Waals surface area (Å²) in [5.74, 6) is -0.0757. The summed E-state index contributed by atoms with van der Waals surface area (Å²) in [7, 11) is 0. The second-order valence-electron chi connectivity index (χ2n) is 5.74. The zero-order chi connectivity index (χ0) is 15.0. The van der Waals surface area contributed by atoms with Gasteiger partial charge in [0, 0.05) is 18.5 Å². The zero-order valence-corrected chi connectivity index (χ0v) is 12.7. The predicted octanol–water partition coefficient (Wildman–Crippen LogP) is 1.65. The zero-order valence-electron chi connectivity index (χ0n) is 11.9. The average Bonchev–Trinajstić information content (AvgIpc) is 2.67. The molecule has 1 aliphatic rings. The molecule has 1 saturated heterocycles. The van der Waals surface area contributed by atoms with E-state index in [-0.39, 0.29) is 5.91 Å². The minimum absolute atomic E-state index is 0.0757. The van der Waals surface area contributed by atoms with Gasteiger partial charge in [0.15, 0.2) is 0 Å². The van der Waals surface area contributed by atoms with Gasteiger partial charge < -0.3 is 15.7 Å². The Labute approximate surface area is 126 Å². The van der Waals surface area contributed by atoms with Gasteiger partial charge in [-0.3, -0.25) is 4.79 Å². The van der Waals surface area contributed by atoms with Crippen LogP contribution in [-0.2, 0) is 0 Å². The van der Waals surface area contributed by atoms with E-state index in [1.807, 2.05) is 6.92 Å². The van der Waals surface area contributed by atoms with Crippen molar-refractivity contribution in [1.29, 1.82) is 0 Å². The fraction of sp³-hybridized carbons (Fsp3) is 0.500. The van der Waals surface area contributed by atoms with E-state index in [1.165, 1.54) is 11.3 Å². The fourth-order valence-corrected chi connectivity index (χ4v) is 3.65. The molecule has 3 N–H and O–H groups in total. The number of hydrogen-bond acceptors (Lipinski definition) is 6. The van der Waals surface area contributed by atoms with Crippen molar-refractivity contribution < 1.29 is 9.90 Å². The van der Waals surface area contributed by atoms with Gasteiger partial charge in [-0.15, -0.1) is 16.4 Å². The van der Waals surface area contributed by atoms with Crippen molar-refractivity contribution in [2.75, 3.05) is 18.8 Å². The van der Waals surface area contributed by atoms with Crippen molar-refractivity contribution in [1.82, 2.24) is 15.1 Å². The van der Waals surface area contributed by atoms with Gasteiger partial charge in [-0.25, -0.2) is 0 Å². The van der Waals surface area contributed by atoms with E-state index in [9.17, 15) is 9.90 Å². The maximum absolute atomic E-state index is 12.7. The number of nitrogen functional groups attached to an aromatic ring is 1. The molecular weight excluding hydrogens is 288 g/mol. The molecular formula is C14H18N4O2S. The Hall–Kier alpha value is -1.73. The lowest BCUT2D eigenvalue weighted by Crippen LogP contribution is -2.33. The van der Waals surface area contributed by atoms with Crippen molar-refractivity contribution in [3.05, 3.63) is 17.1 Å². The van der Waals surface area contributed by atoms with Crippen LogP contribution in [0.25, 0.3) is 10.2 Å². The van der Waals surface area contributed by atoms with Crippen LogP contribution in [0.1, 0.15) is 35.9 Å². The number of hydrogen-bond donors (Lipinski definition) is 2. The number of likely N-dealkylation sites (tertiary alicyclic amines) is 1. The Morgan fingerprint density at radius 3 is 3.05 bits per heavy atom. The molecule has 1 fully saturated rings. The van der Waals surface area contributed by atoms with Crippen molar-refractivity contribution in [3.63, 3.8) is 0 Å². The number of rotatable bonds is 1. The van der Waals surface area contributed by atoms with Crippen LogP contribution in [0.2, 0.25) is 0 Å². The van der Waals surface area contributed by atoms with Gasteiger partial charge in [0.25, 0.3) is 5.91 Å². The van der Waals surface area contributed by atoms with E-state index in [0.717, 1.165) is 11.8 Å². The Kier molecular flexibility index (Phi) is 3.54. The van der Waals surface area contributed by atoms with Crippen molar-refractivity contribution >= 4 is 33.1 Å². The Morgan fingerprint density at radius 1 is 1.48 bits per heavy atom. The molecule has 1 atom stereocenters. The third kappa shape index (κ3) is 2.71. The van der Waals surface area contributed by atoms with Crippen LogP contribution in [0.15, 0.2) is 12.3 Å². The lowest BCUT2D eigenvalue weighted by atomic mass is 9.98. The summed E-state index contributed by atoms with van der Waals surface area (Å²) in [5, 5.41) is 18.7. The molecule has 0 saturated carbocycles. The van der Waals surface area contributed by atoms with Crippen LogP contribution >= 0.6 is 11.3 Å². The van der Waals surface area contributed by atoms with Gasteiger partial charge in [-0.05, 0) is 32.3 Å². The van der Waals surface area contributed by atoms with E-state index in [2.05, 4.69) is 10.2 Å². The summed E-state index contributed by atoms with van der Waals surface area (Å²) in [6.45, 7) is 3.02. The summed E-state index contributed by atoms with van der Waals surface area (Å²) < 4.78 is 0. The number of amides is 1. The van der Waals surface area contributed by atoms with Gasteiger partial charge in [0.2, 0.25) is 0 Å². The van der Waals surface area contributed by atoms with Crippen LogP contribution in [0.5, 0.6) is 0 Å². The number of anilines is 1. The Morgan fingerprint density at radius 2 is 2.29 bits per heavy atom. The first-order chi connectivity index (χ1) is 9.98. The monoisotopic (exact) mass is 306 g/mol. The molecule has 0 bridgehead atoms. The lowest BCUT2D eigenvalue weighted by molar-refractivity contribution is 0.0438. The fourth-order valence-electron chi connectivity index (χ4n) is 2.64. The number of fused-ring (bicyclic) bond motifs is 1. The number of nitrogens with zero attached hydrogens (tertiary/aromatic N) is 3. The minimum atomic E-state index is -0.688. The Balaban J connectivity index is 1.88. The Bertz CT molecular complexity index is 683. The van der Waals surface area contributed by atoms with E-state index in [1.54, 1.807) is 17.2 Å². The van der Waals surface area contributed by atoms with Gasteiger partial charge in [-0.1, -0.05) is 0 Å². The third-order valence-electron chi connectivity index (χ3n) is 3.97. The first-order valence-corrected chi connectivity index (χ1v) is 7.81. The van der Waals surface area contributed by atoms with E-state index >= 15 is 0 Å². The number of carbonyl (C=O) groups is 1. The predicted molar refractivity (Wildman–Crippen MR) is 82.2 cm³/mol. The van der Waals surface area contributed by atoms with Gasteiger partial charge in [-0.2, -0.15) is 5.10 Å². The van der Waals surface area contributed by atoms with Crippen LogP contribution in [0, 0.1) is 0 Å². The molecule has 2 aromatic heterocycles. The van der Waals surface area contributed by atoms with Crippen LogP contribution < -0.4 is 5.73 Å². The molecule has 112 valence electrons. The van der Waals surface area contributed by atoms with E-state index in [4.69, 9.17) is 5.73 Å². The number of nitrogens with two attached hydrogens (primary N) is 1.